The Morgan fingerprint density at radius 3 is 2.83 bits per heavy atom. The maximum absolute atomic E-state index is 16.4. The highest BCUT2D eigenvalue weighted by Gasteiger charge is 2.49. The van der Waals surface area contributed by atoms with Crippen molar-refractivity contribution in [2.45, 2.75) is 50.1 Å². The van der Waals surface area contributed by atoms with E-state index in [1.165, 1.54) is 6.92 Å². The third-order valence-corrected chi connectivity index (χ3v) is 8.72. The van der Waals surface area contributed by atoms with E-state index in [1.54, 1.807) is 0 Å². The molecule has 0 aliphatic carbocycles. The minimum Gasteiger partial charge on any atom is -0.475 e. The zero-order valence-electron chi connectivity index (χ0n) is 22.8. The van der Waals surface area contributed by atoms with Gasteiger partial charge in [-0.2, -0.15) is 23.1 Å². The third kappa shape index (κ3) is 4.35. The molecule has 0 aromatic carbocycles. The highest BCUT2D eigenvalue weighted by atomic mass is 19.4. The third-order valence-electron chi connectivity index (χ3n) is 8.72. The standard InChI is InChI=1S/C27H29F5N8O2/c1-13-7-16(33)35-21(18(13)27(30,31)32)22-19(29)20-17-23(40-6-4-34-9-15(40)11-41-24(17)36-22)38-25(37-20)42-12-26-3-2-5-39(26)10-14(28)8-26/h7,14-15,34H,2-6,8-12H2,1H3,(H2,33,35)/t14-,15+,26+/m1/s1. The van der Waals surface area contributed by atoms with E-state index in [0.717, 1.165) is 25.5 Å². The number of hydrogen-bond donors (Lipinski definition) is 2. The van der Waals surface area contributed by atoms with Gasteiger partial charge in [0.15, 0.2) is 5.82 Å². The normalized spacial score (nSPS) is 25.7. The average molecular weight is 593 g/mol. The molecule has 224 valence electrons. The number of rotatable bonds is 4. The van der Waals surface area contributed by atoms with Gasteiger partial charge in [0.25, 0.3) is 0 Å². The lowest BCUT2D eigenvalue weighted by atomic mass is 9.95. The molecule has 3 N–H and O–H groups in total. The van der Waals surface area contributed by atoms with E-state index in [9.17, 15) is 17.6 Å². The molecule has 0 amide bonds. The van der Waals surface area contributed by atoms with Crippen LogP contribution in [0.2, 0.25) is 0 Å². The SMILES string of the molecule is Cc1cc(N)nc(-c2nc3c4c(nc(OC[C@@]56CCCN5C[C@H](F)C6)nc4c2F)N2CCNC[C@H]2CO3)c1C(F)(F)F. The first-order valence-electron chi connectivity index (χ1n) is 13.9. The van der Waals surface area contributed by atoms with E-state index in [0.29, 0.717) is 38.4 Å². The number of alkyl halides is 4. The van der Waals surface area contributed by atoms with E-state index in [-0.39, 0.29) is 53.4 Å². The first-order chi connectivity index (χ1) is 20.0. The Balaban J connectivity index is 1.40. The highest BCUT2D eigenvalue weighted by Crippen LogP contribution is 2.45. The van der Waals surface area contributed by atoms with Crippen molar-refractivity contribution in [1.82, 2.24) is 30.2 Å². The van der Waals surface area contributed by atoms with Crippen LogP contribution < -0.4 is 25.4 Å². The smallest absolute Gasteiger partial charge is 0.418 e. The van der Waals surface area contributed by atoms with Crippen LogP contribution in [0.1, 0.15) is 30.4 Å². The van der Waals surface area contributed by atoms with E-state index in [2.05, 4.69) is 30.2 Å². The van der Waals surface area contributed by atoms with Gasteiger partial charge in [-0.15, -0.1) is 0 Å². The Hall–Kier alpha value is -3.59. The minimum atomic E-state index is -4.86. The largest absolute Gasteiger partial charge is 0.475 e. The van der Waals surface area contributed by atoms with Crippen LogP contribution in [0, 0.1) is 12.7 Å². The molecular weight excluding hydrogens is 563 g/mol. The number of anilines is 2. The molecule has 3 aromatic rings. The number of halogens is 5. The van der Waals surface area contributed by atoms with Gasteiger partial charge in [0.1, 0.15) is 53.3 Å². The van der Waals surface area contributed by atoms with E-state index in [4.69, 9.17) is 15.2 Å². The summed E-state index contributed by atoms with van der Waals surface area (Å²) >= 11 is 0. The number of pyridine rings is 2. The van der Waals surface area contributed by atoms with Gasteiger partial charge in [0.2, 0.25) is 5.88 Å². The number of nitrogens with one attached hydrogen (secondary N) is 1. The maximum atomic E-state index is 16.4. The van der Waals surface area contributed by atoms with Crippen molar-refractivity contribution < 1.29 is 31.4 Å². The molecule has 0 radical (unpaired) electrons. The van der Waals surface area contributed by atoms with E-state index >= 15 is 4.39 Å². The fraction of sp³-hybridized carbons (Fsp3) is 0.556. The van der Waals surface area contributed by atoms with Crippen molar-refractivity contribution in [3.05, 3.63) is 23.0 Å². The number of aromatic nitrogens is 4. The van der Waals surface area contributed by atoms with Crippen molar-refractivity contribution in [2.75, 3.05) is 56.6 Å². The molecule has 4 aliphatic rings. The molecule has 42 heavy (non-hydrogen) atoms. The highest BCUT2D eigenvalue weighted by molar-refractivity contribution is 5.97. The number of nitrogen functional groups attached to an aromatic ring is 1. The van der Waals surface area contributed by atoms with Gasteiger partial charge < -0.3 is 25.4 Å². The van der Waals surface area contributed by atoms with Crippen molar-refractivity contribution in [3.8, 4) is 23.3 Å². The molecule has 7 rings (SSSR count). The second-order valence-corrected chi connectivity index (χ2v) is 11.4. The average Bonchev–Trinajstić information content (AvgIpc) is 3.40. The second-order valence-electron chi connectivity index (χ2n) is 11.4. The summed E-state index contributed by atoms with van der Waals surface area (Å²) in [5, 5.41) is 3.41. The number of aryl methyl sites for hydroxylation is 1. The minimum absolute atomic E-state index is 0.0977. The Bertz CT molecular complexity index is 1570. The number of hydrogen-bond acceptors (Lipinski definition) is 10. The molecular formula is C27H29F5N8O2. The van der Waals surface area contributed by atoms with Crippen LogP contribution in [0.15, 0.2) is 6.07 Å². The van der Waals surface area contributed by atoms with Crippen LogP contribution in [0.5, 0.6) is 11.9 Å². The first-order valence-corrected chi connectivity index (χ1v) is 13.9. The van der Waals surface area contributed by atoms with E-state index in [1.807, 2.05) is 4.90 Å². The lowest BCUT2D eigenvalue weighted by Crippen LogP contribution is -2.53. The van der Waals surface area contributed by atoms with Crippen molar-refractivity contribution in [3.63, 3.8) is 0 Å². The van der Waals surface area contributed by atoms with Gasteiger partial charge >= 0.3 is 12.2 Å². The molecule has 4 aliphatic heterocycles. The number of piperazine rings is 1. The van der Waals surface area contributed by atoms with Gasteiger partial charge in [-0.1, -0.05) is 0 Å². The molecule has 0 spiro atoms. The molecule has 0 saturated carbocycles. The Labute approximate surface area is 237 Å². The molecule has 0 bridgehead atoms. The predicted molar refractivity (Wildman–Crippen MR) is 143 cm³/mol. The van der Waals surface area contributed by atoms with Crippen molar-refractivity contribution >= 4 is 22.5 Å². The summed E-state index contributed by atoms with van der Waals surface area (Å²) in [4.78, 5) is 21.1. The second kappa shape index (κ2) is 9.73. The van der Waals surface area contributed by atoms with Crippen LogP contribution >= 0.6 is 0 Å². The Morgan fingerprint density at radius 1 is 1.19 bits per heavy atom. The monoisotopic (exact) mass is 592 g/mol. The first kappa shape index (κ1) is 27.3. The number of nitrogens with two attached hydrogens (primary N) is 1. The fourth-order valence-corrected chi connectivity index (χ4v) is 6.88. The van der Waals surface area contributed by atoms with Crippen LogP contribution in [-0.2, 0) is 6.18 Å². The lowest BCUT2D eigenvalue weighted by Gasteiger charge is -2.35. The van der Waals surface area contributed by atoms with Crippen LogP contribution in [0.4, 0.5) is 33.6 Å². The Kier molecular flexibility index (Phi) is 6.31. The van der Waals surface area contributed by atoms with E-state index < -0.39 is 40.7 Å². The molecule has 3 fully saturated rings. The summed E-state index contributed by atoms with van der Waals surface area (Å²) in [6.45, 7) is 4.20. The predicted octanol–water partition coefficient (Wildman–Crippen LogP) is 3.26. The topological polar surface area (TPSA) is 115 Å². The summed E-state index contributed by atoms with van der Waals surface area (Å²) in [5.41, 5.74) is 2.16. The van der Waals surface area contributed by atoms with Crippen LogP contribution in [0.25, 0.3) is 22.3 Å². The molecule has 10 nitrogen and oxygen atoms in total. The van der Waals surface area contributed by atoms with Crippen molar-refractivity contribution in [1.29, 1.82) is 0 Å². The summed E-state index contributed by atoms with van der Waals surface area (Å²) in [6.07, 6.45) is -3.87. The van der Waals surface area contributed by atoms with Gasteiger partial charge in [0.05, 0.1) is 17.1 Å². The molecule has 3 saturated heterocycles. The quantitative estimate of drug-likeness (QED) is 0.438. The maximum Gasteiger partial charge on any atom is 0.418 e. The van der Waals surface area contributed by atoms with Gasteiger partial charge in [0, 0.05) is 32.6 Å². The lowest BCUT2D eigenvalue weighted by molar-refractivity contribution is -0.137. The summed E-state index contributed by atoms with van der Waals surface area (Å²) in [7, 11) is 0. The number of nitrogens with zero attached hydrogens (tertiary/aromatic N) is 6. The molecule has 0 unspecified atom stereocenters. The zero-order chi connectivity index (χ0) is 29.4. The molecule has 3 aromatic heterocycles. The van der Waals surface area contributed by atoms with Gasteiger partial charge in [-0.3, -0.25) is 4.90 Å². The molecule has 3 atom stereocenters. The van der Waals surface area contributed by atoms with Gasteiger partial charge in [-0.25, -0.2) is 18.7 Å². The van der Waals surface area contributed by atoms with Gasteiger partial charge in [-0.05, 0) is 37.9 Å². The summed E-state index contributed by atoms with van der Waals surface area (Å²) in [6, 6.07) is 0.704. The van der Waals surface area contributed by atoms with Crippen LogP contribution in [-0.4, -0.2) is 88.5 Å². The molecule has 7 heterocycles. The number of ether oxygens (including phenoxy) is 2. The van der Waals surface area contributed by atoms with Crippen molar-refractivity contribution in [2.24, 2.45) is 0 Å². The molecule has 15 heteroatoms. The fourth-order valence-electron chi connectivity index (χ4n) is 6.88. The number of fused-ring (bicyclic) bond motifs is 3. The Morgan fingerprint density at radius 2 is 2.02 bits per heavy atom. The van der Waals surface area contributed by atoms with Crippen LogP contribution in [0.3, 0.4) is 0 Å². The summed E-state index contributed by atoms with van der Waals surface area (Å²) in [5.74, 6) is -1.14. The summed E-state index contributed by atoms with van der Waals surface area (Å²) < 4.78 is 85.4. The zero-order valence-corrected chi connectivity index (χ0v) is 22.8.